The molecule has 0 heterocycles. The lowest BCUT2D eigenvalue weighted by molar-refractivity contribution is -0.0380. The number of rotatable bonds is 12. The lowest BCUT2D eigenvalue weighted by Gasteiger charge is -2.27. The van der Waals surface area contributed by atoms with Crippen molar-refractivity contribution >= 4 is 29.3 Å². The van der Waals surface area contributed by atoms with E-state index in [1.807, 2.05) is 34.6 Å². The minimum Gasteiger partial charge on any atom is -0.496 e. The SMILES string of the molecule is CCN(CC)CCNC(=O)c1cc(Cl)c(NC(=O)OC(C)(C)CCOC(C)(C)C)cc1OC. The first kappa shape index (κ1) is 29.0. The summed E-state index contributed by atoms with van der Waals surface area (Å²) in [6.45, 7) is 17.2. The van der Waals surface area contributed by atoms with Crippen LogP contribution in [0.1, 0.15) is 65.2 Å². The van der Waals surface area contributed by atoms with Crippen LogP contribution in [0.2, 0.25) is 5.02 Å². The van der Waals surface area contributed by atoms with E-state index in [1.165, 1.54) is 19.2 Å². The molecule has 0 aliphatic heterocycles. The summed E-state index contributed by atoms with van der Waals surface area (Å²) < 4.78 is 16.6. The van der Waals surface area contributed by atoms with Gasteiger partial charge in [0.2, 0.25) is 0 Å². The highest BCUT2D eigenvalue weighted by atomic mass is 35.5. The number of anilines is 1. The molecule has 8 nitrogen and oxygen atoms in total. The van der Waals surface area contributed by atoms with Crippen LogP contribution in [0.5, 0.6) is 5.75 Å². The third kappa shape index (κ3) is 10.6. The van der Waals surface area contributed by atoms with Crippen molar-refractivity contribution in [2.45, 2.75) is 66.1 Å². The summed E-state index contributed by atoms with van der Waals surface area (Å²) >= 11 is 6.35. The molecule has 188 valence electrons. The summed E-state index contributed by atoms with van der Waals surface area (Å²) in [6.07, 6.45) is -0.127. The number of amides is 2. The van der Waals surface area contributed by atoms with Gasteiger partial charge in [0.05, 0.1) is 35.6 Å². The van der Waals surface area contributed by atoms with E-state index >= 15 is 0 Å². The molecular weight excluding hydrogens is 446 g/mol. The first-order valence-corrected chi connectivity index (χ1v) is 11.7. The maximum Gasteiger partial charge on any atom is 0.412 e. The molecule has 2 N–H and O–H groups in total. The van der Waals surface area contributed by atoms with E-state index in [2.05, 4.69) is 29.4 Å². The van der Waals surface area contributed by atoms with Gasteiger partial charge >= 0.3 is 6.09 Å². The Morgan fingerprint density at radius 3 is 2.27 bits per heavy atom. The van der Waals surface area contributed by atoms with Crippen LogP contribution in [0.25, 0.3) is 0 Å². The Bertz CT molecular complexity index is 789. The van der Waals surface area contributed by atoms with Gasteiger partial charge in [0.1, 0.15) is 11.4 Å². The first-order chi connectivity index (χ1) is 15.3. The van der Waals surface area contributed by atoms with Crippen LogP contribution >= 0.6 is 11.6 Å². The average Bonchev–Trinajstić information content (AvgIpc) is 2.70. The van der Waals surface area contributed by atoms with Crippen LogP contribution in [0.3, 0.4) is 0 Å². The van der Waals surface area contributed by atoms with Gasteiger partial charge in [0, 0.05) is 25.6 Å². The van der Waals surface area contributed by atoms with E-state index in [1.54, 1.807) is 0 Å². The molecular formula is C24H40ClN3O5. The Balaban J connectivity index is 2.79. The fraction of sp³-hybridized carbons (Fsp3) is 0.667. The van der Waals surface area contributed by atoms with Gasteiger partial charge in [-0.1, -0.05) is 25.4 Å². The summed E-state index contributed by atoms with van der Waals surface area (Å²) in [5.41, 5.74) is -0.418. The highest BCUT2D eigenvalue weighted by molar-refractivity contribution is 6.34. The van der Waals surface area contributed by atoms with Gasteiger partial charge in [-0.05, 0) is 53.8 Å². The molecule has 0 radical (unpaired) electrons. The van der Waals surface area contributed by atoms with E-state index < -0.39 is 11.7 Å². The molecule has 1 aromatic carbocycles. The first-order valence-electron chi connectivity index (χ1n) is 11.3. The number of hydrogen-bond donors (Lipinski definition) is 2. The van der Waals surface area contributed by atoms with Crippen molar-refractivity contribution in [3.63, 3.8) is 0 Å². The maximum absolute atomic E-state index is 12.6. The van der Waals surface area contributed by atoms with E-state index in [0.717, 1.165) is 19.6 Å². The smallest absolute Gasteiger partial charge is 0.412 e. The monoisotopic (exact) mass is 485 g/mol. The van der Waals surface area contributed by atoms with E-state index in [4.69, 9.17) is 25.8 Å². The van der Waals surface area contributed by atoms with Gasteiger partial charge < -0.3 is 24.4 Å². The molecule has 0 unspecified atom stereocenters. The second-order valence-corrected chi connectivity index (χ2v) is 9.71. The molecule has 2 amide bonds. The third-order valence-electron chi connectivity index (χ3n) is 4.99. The zero-order valence-corrected chi connectivity index (χ0v) is 22.0. The van der Waals surface area contributed by atoms with Gasteiger partial charge in [0.25, 0.3) is 5.91 Å². The van der Waals surface area contributed by atoms with Crippen molar-refractivity contribution in [2.75, 3.05) is 45.2 Å². The normalized spacial score (nSPS) is 11.9. The lowest BCUT2D eigenvalue weighted by atomic mass is 10.1. The number of hydrogen-bond acceptors (Lipinski definition) is 6. The molecule has 0 atom stereocenters. The Morgan fingerprint density at radius 2 is 1.73 bits per heavy atom. The Labute approximate surface area is 203 Å². The molecule has 9 heteroatoms. The molecule has 0 aromatic heterocycles. The van der Waals surface area contributed by atoms with Crippen molar-refractivity contribution in [3.8, 4) is 5.75 Å². The van der Waals surface area contributed by atoms with Crippen LogP contribution in [0, 0.1) is 0 Å². The van der Waals surface area contributed by atoms with Crippen molar-refractivity contribution in [3.05, 3.63) is 22.7 Å². The maximum atomic E-state index is 12.6. The number of benzene rings is 1. The number of nitrogens with one attached hydrogen (secondary N) is 2. The van der Waals surface area contributed by atoms with Crippen LogP contribution in [-0.4, -0.2) is 68.0 Å². The molecule has 33 heavy (non-hydrogen) atoms. The number of ether oxygens (including phenoxy) is 3. The quantitative estimate of drug-likeness (QED) is 0.435. The lowest BCUT2D eigenvalue weighted by Crippen LogP contribution is -2.35. The van der Waals surface area contributed by atoms with Gasteiger partial charge in [-0.3, -0.25) is 10.1 Å². The highest BCUT2D eigenvalue weighted by Gasteiger charge is 2.25. The highest BCUT2D eigenvalue weighted by Crippen LogP contribution is 2.31. The summed E-state index contributed by atoms with van der Waals surface area (Å²) in [5.74, 6) is 0.00268. The largest absolute Gasteiger partial charge is 0.496 e. The fourth-order valence-electron chi connectivity index (χ4n) is 3.00. The molecule has 0 saturated heterocycles. The standard InChI is InChI=1S/C24H40ClN3O5/c1-9-28(10-2)13-12-26-21(29)17-15-18(25)19(16-20(17)31-8)27-22(30)33-24(6,7)11-14-32-23(3,4)5/h15-16H,9-14H2,1-8H3,(H,26,29)(H,27,30). The number of halogens is 1. The summed E-state index contributed by atoms with van der Waals surface area (Å²) in [7, 11) is 1.45. The number of carbonyl (C=O) groups excluding carboxylic acids is 2. The van der Waals surface area contributed by atoms with Crippen LogP contribution < -0.4 is 15.4 Å². The number of carbonyl (C=O) groups is 2. The van der Waals surface area contributed by atoms with Gasteiger partial charge in [-0.25, -0.2) is 4.79 Å². The molecule has 0 fully saturated rings. The second-order valence-electron chi connectivity index (χ2n) is 9.30. The average molecular weight is 486 g/mol. The Hall–Kier alpha value is -2.03. The number of nitrogens with zero attached hydrogens (tertiary/aromatic N) is 1. The Kier molecular flexibility index (Phi) is 11.4. The number of methoxy groups -OCH3 is 1. The van der Waals surface area contributed by atoms with Crippen molar-refractivity contribution in [1.29, 1.82) is 0 Å². The van der Waals surface area contributed by atoms with E-state index in [9.17, 15) is 9.59 Å². The molecule has 0 aliphatic carbocycles. The minimum atomic E-state index is -0.740. The van der Waals surface area contributed by atoms with Gasteiger partial charge in [-0.15, -0.1) is 0 Å². The molecule has 0 spiro atoms. The molecule has 0 bridgehead atoms. The fourth-order valence-corrected chi connectivity index (χ4v) is 3.21. The molecule has 1 rings (SSSR count). The zero-order valence-electron chi connectivity index (χ0n) is 21.3. The topological polar surface area (TPSA) is 89.1 Å². The molecule has 0 aliphatic rings. The predicted molar refractivity (Wildman–Crippen MR) is 133 cm³/mol. The molecule has 1 aromatic rings. The zero-order chi connectivity index (χ0) is 25.2. The van der Waals surface area contributed by atoms with Gasteiger partial charge in [0.15, 0.2) is 0 Å². The second kappa shape index (κ2) is 13.0. The third-order valence-corrected chi connectivity index (χ3v) is 5.30. The van der Waals surface area contributed by atoms with Gasteiger partial charge in [-0.2, -0.15) is 0 Å². The summed E-state index contributed by atoms with van der Waals surface area (Å²) in [6, 6.07) is 2.99. The Morgan fingerprint density at radius 1 is 1.09 bits per heavy atom. The number of likely N-dealkylation sites (N-methyl/N-ethyl adjacent to an activating group) is 1. The minimum absolute atomic E-state index is 0.204. The van der Waals surface area contributed by atoms with Crippen LogP contribution in [-0.2, 0) is 9.47 Å². The van der Waals surface area contributed by atoms with Crippen molar-refractivity contribution < 1.29 is 23.8 Å². The van der Waals surface area contributed by atoms with Crippen LogP contribution in [0.15, 0.2) is 12.1 Å². The van der Waals surface area contributed by atoms with Crippen molar-refractivity contribution in [1.82, 2.24) is 10.2 Å². The van der Waals surface area contributed by atoms with Crippen molar-refractivity contribution in [2.24, 2.45) is 0 Å². The summed E-state index contributed by atoms with van der Waals surface area (Å²) in [4.78, 5) is 27.3. The van der Waals surface area contributed by atoms with E-state index in [0.29, 0.717) is 36.6 Å². The summed E-state index contributed by atoms with van der Waals surface area (Å²) in [5, 5.41) is 5.72. The van der Waals surface area contributed by atoms with Crippen LogP contribution in [0.4, 0.5) is 10.5 Å². The molecule has 0 saturated carbocycles. The van der Waals surface area contributed by atoms with E-state index in [-0.39, 0.29) is 16.5 Å². The predicted octanol–water partition coefficient (Wildman–Crippen LogP) is 4.95.